The highest BCUT2D eigenvalue weighted by molar-refractivity contribution is 6.37. The number of rotatable bonds is 3. The molecule has 2 heteroatoms. The van der Waals surface area contributed by atoms with Crippen LogP contribution in [-0.2, 0) is 0 Å². The van der Waals surface area contributed by atoms with E-state index in [0.29, 0.717) is 5.47 Å². The first-order chi connectivity index (χ1) is 3.85. The zero-order valence-corrected chi connectivity index (χ0v) is 4.67. The van der Waals surface area contributed by atoms with Gasteiger partial charge in [-0.3, -0.25) is 0 Å². The monoisotopic (exact) mass is 107 g/mol. The van der Waals surface area contributed by atoms with E-state index >= 15 is 0 Å². The molecule has 0 unspecified atom stereocenters. The van der Waals surface area contributed by atoms with Crippen molar-refractivity contribution in [3.63, 3.8) is 0 Å². The van der Waals surface area contributed by atoms with E-state index in [1.807, 2.05) is 0 Å². The van der Waals surface area contributed by atoms with Gasteiger partial charge in [0.2, 0.25) is 0 Å². The van der Waals surface area contributed by atoms with Crippen LogP contribution in [0.3, 0.4) is 0 Å². The maximum atomic E-state index is 8.34. The Morgan fingerprint density at radius 2 is 2.12 bits per heavy atom. The third-order valence-electron chi connectivity index (χ3n) is 0.695. The Kier molecular flexibility index (Phi) is 3.99. The van der Waals surface area contributed by atoms with Gasteiger partial charge in [0, 0.05) is 0 Å². The minimum absolute atomic E-state index is 0.667. The van der Waals surface area contributed by atoms with Gasteiger partial charge in [0.05, 0.1) is 0 Å². The van der Waals surface area contributed by atoms with Crippen molar-refractivity contribution in [2.75, 3.05) is 0 Å². The molecule has 0 aromatic heterocycles. The first-order valence-corrected chi connectivity index (χ1v) is 2.27. The van der Waals surface area contributed by atoms with Crippen LogP contribution in [0.2, 0.25) is 0 Å². The van der Waals surface area contributed by atoms with Crippen LogP contribution in [0.1, 0.15) is 0 Å². The van der Waals surface area contributed by atoms with Crippen molar-refractivity contribution in [2.45, 2.75) is 0 Å². The van der Waals surface area contributed by atoms with Crippen LogP contribution in [0, 0.1) is 0 Å². The van der Waals surface area contributed by atoms with E-state index in [0.717, 1.165) is 7.48 Å². The molecule has 1 radical (unpaired) electrons. The highest BCUT2D eigenvalue weighted by Crippen LogP contribution is 1.89. The SMILES string of the molecule is C=CC=C([B]O)C=C. The molecule has 0 spiro atoms. The van der Waals surface area contributed by atoms with Crippen LogP contribution in [0.15, 0.2) is 36.9 Å². The van der Waals surface area contributed by atoms with Crippen molar-refractivity contribution in [3.8, 4) is 0 Å². The maximum Gasteiger partial charge on any atom is 0.326 e. The molecule has 0 aliphatic heterocycles. The topological polar surface area (TPSA) is 20.2 Å². The lowest BCUT2D eigenvalue weighted by atomic mass is 9.88. The van der Waals surface area contributed by atoms with Gasteiger partial charge in [0.25, 0.3) is 0 Å². The molecule has 0 amide bonds. The molecule has 0 aliphatic rings. The van der Waals surface area contributed by atoms with Crippen LogP contribution in [0.5, 0.6) is 0 Å². The first kappa shape index (κ1) is 7.24. The van der Waals surface area contributed by atoms with Crippen LogP contribution >= 0.6 is 0 Å². The van der Waals surface area contributed by atoms with Crippen molar-refractivity contribution < 1.29 is 5.02 Å². The highest BCUT2D eigenvalue weighted by Gasteiger charge is 1.85. The van der Waals surface area contributed by atoms with Crippen molar-refractivity contribution in [2.24, 2.45) is 0 Å². The third-order valence-corrected chi connectivity index (χ3v) is 0.695. The molecule has 0 heterocycles. The van der Waals surface area contributed by atoms with Gasteiger partial charge < -0.3 is 5.02 Å². The van der Waals surface area contributed by atoms with Crippen molar-refractivity contribution in [1.82, 2.24) is 0 Å². The van der Waals surface area contributed by atoms with Crippen LogP contribution in [0.4, 0.5) is 0 Å². The summed E-state index contributed by atoms with van der Waals surface area (Å²) in [7, 11) is 0.981. The third kappa shape index (κ3) is 2.42. The van der Waals surface area contributed by atoms with Crippen LogP contribution < -0.4 is 0 Å². The Morgan fingerprint density at radius 1 is 1.50 bits per heavy atom. The first-order valence-electron chi connectivity index (χ1n) is 2.27. The maximum absolute atomic E-state index is 8.34. The second kappa shape index (κ2) is 4.41. The summed E-state index contributed by atoms with van der Waals surface area (Å²) in [4.78, 5) is 0. The molecule has 1 N–H and O–H groups in total. The van der Waals surface area contributed by atoms with Gasteiger partial charge in [-0.2, -0.15) is 0 Å². The summed E-state index contributed by atoms with van der Waals surface area (Å²) in [5.41, 5.74) is 0.667. The summed E-state index contributed by atoms with van der Waals surface area (Å²) in [5.74, 6) is 0. The lowest BCUT2D eigenvalue weighted by Crippen LogP contribution is -1.88. The van der Waals surface area contributed by atoms with Crippen molar-refractivity contribution in [3.05, 3.63) is 36.9 Å². The Bertz CT molecular complexity index is 116. The molecular formula is C6H8BO. The molecule has 0 aromatic carbocycles. The number of allylic oxidation sites excluding steroid dienone is 4. The molecule has 41 valence electrons. The van der Waals surface area contributed by atoms with Crippen molar-refractivity contribution >= 4 is 7.48 Å². The lowest BCUT2D eigenvalue weighted by Gasteiger charge is -1.85. The van der Waals surface area contributed by atoms with E-state index in [1.165, 1.54) is 0 Å². The van der Waals surface area contributed by atoms with Crippen LogP contribution in [-0.4, -0.2) is 12.5 Å². The van der Waals surface area contributed by atoms with E-state index < -0.39 is 0 Å². The van der Waals surface area contributed by atoms with E-state index in [9.17, 15) is 0 Å². The highest BCUT2D eigenvalue weighted by atomic mass is 16.2. The summed E-state index contributed by atoms with van der Waals surface area (Å²) < 4.78 is 0. The van der Waals surface area contributed by atoms with Crippen molar-refractivity contribution in [1.29, 1.82) is 0 Å². The smallest absolute Gasteiger partial charge is 0.326 e. The Morgan fingerprint density at radius 3 is 2.25 bits per heavy atom. The molecule has 0 rings (SSSR count). The molecule has 0 bridgehead atoms. The Hall–Kier alpha value is -0.755. The quantitative estimate of drug-likeness (QED) is 0.418. The minimum atomic E-state index is 0.667. The summed E-state index contributed by atoms with van der Waals surface area (Å²) in [6.07, 6.45) is 4.79. The van der Waals surface area contributed by atoms with Gasteiger partial charge in [0.15, 0.2) is 0 Å². The van der Waals surface area contributed by atoms with Crippen LogP contribution in [0.25, 0.3) is 0 Å². The predicted octanol–water partition coefficient (Wildman–Crippen LogP) is 0.854. The van der Waals surface area contributed by atoms with Gasteiger partial charge in [-0.05, 0) is 0 Å². The predicted molar refractivity (Wildman–Crippen MR) is 36.4 cm³/mol. The number of hydrogen-bond donors (Lipinski definition) is 1. The molecule has 0 saturated carbocycles. The van der Waals surface area contributed by atoms with Gasteiger partial charge in [-0.1, -0.05) is 36.9 Å². The normalized spacial score (nSPS) is 10.4. The molecule has 0 fully saturated rings. The fourth-order valence-corrected chi connectivity index (χ4v) is 0.300. The average molecular weight is 107 g/mol. The molecule has 8 heavy (non-hydrogen) atoms. The summed E-state index contributed by atoms with van der Waals surface area (Å²) in [6.45, 7) is 6.88. The van der Waals surface area contributed by atoms with Gasteiger partial charge >= 0.3 is 7.48 Å². The Labute approximate surface area is 50.3 Å². The Balaban J connectivity index is 3.84. The van der Waals surface area contributed by atoms with Gasteiger partial charge in [-0.15, -0.1) is 0 Å². The number of hydrogen-bond acceptors (Lipinski definition) is 1. The summed E-state index contributed by atoms with van der Waals surface area (Å²) >= 11 is 0. The lowest BCUT2D eigenvalue weighted by molar-refractivity contribution is 0.612. The summed E-state index contributed by atoms with van der Waals surface area (Å²) in [6, 6.07) is 0. The average Bonchev–Trinajstić information content (AvgIpc) is 1.83. The second-order valence-electron chi connectivity index (χ2n) is 1.24. The van der Waals surface area contributed by atoms with E-state index in [2.05, 4.69) is 13.2 Å². The van der Waals surface area contributed by atoms with E-state index in [-0.39, 0.29) is 0 Å². The molecule has 0 aliphatic carbocycles. The summed E-state index contributed by atoms with van der Waals surface area (Å²) in [5, 5.41) is 8.34. The van der Waals surface area contributed by atoms with Gasteiger partial charge in [-0.25, -0.2) is 0 Å². The molecule has 0 atom stereocenters. The van der Waals surface area contributed by atoms with Gasteiger partial charge in [0.1, 0.15) is 0 Å². The van der Waals surface area contributed by atoms with E-state index in [1.54, 1.807) is 18.2 Å². The fourth-order valence-electron chi connectivity index (χ4n) is 0.300. The molecule has 1 nitrogen and oxygen atoms in total. The fraction of sp³-hybridized carbons (Fsp3) is 0. The largest absolute Gasteiger partial charge is 0.450 e. The zero-order chi connectivity index (χ0) is 6.41. The second-order valence-corrected chi connectivity index (χ2v) is 1.24. The molecule has 0 aromatic rings. The van der Waals surface area contributed by atoms with E-state index in [4.69, 9.17) is 5.02 Å². The minimum Gasteiger partial charge on any atom is -0.450 e. The zero-order valence-electron chi connectivity index (χ0n) is 4.67. The molecule has 0 saturated heterocycles. The molecular weight excluding hydrogens is 98.9 g/mol. The standard InChI is InChI=1S/C6H8BO/c1-3-5-6(4-2)7-8/h3-5,8H,1-2H2.